The van der Waals surface area contributed by atoms with Crippen molar-refractivity contribution in [3.8, 4) is 5.75 Å². The first kappa shape index (κ1) is 14.3. The van der Waals surface area contributed by atoms with E-state index < -0.39 is 0 Å². The van der Waals surface area contributed by atoms with Crippen LogP contribution in [0.15, 0.2) is 36.4 Å². The van der Waals surface area contributed by atoms with Crippen LogP contribution in [0.5, 0.6) is 5.75 Å². The van der Waals surface area contributed by atoms with Gasteiger partial charge in [0.05, 0.1) is 0 Å². The summed E-state index contributed by atoms with van der Waals surface area (Å²) < 4.78 is 0. The number of aliphatic hydroxyl groups excluding tert-OH is 1. The van der Waals surface area contributed by atoms with Crippen LogP contribution in [0.4, 0.5) is 0 Å². The number of fused-ring (bicyclic) bond motifs is 1. The first-order valence-electron chi connectivity index (χ1n) is 7.57. The SMILES string of the molecule is OCC[C@H](c1c(O)ccc2ccccc12)N1CCNCC1. The Morgan fingerprint density at radius 2 is 1.86 bits per heavy atom. The Labute approximate surface area is 125 Å². The monoisotopic (exact) mass is 286 g/mol. The Morgan fingerprint density at radius 3 is 2.62 bits per heavy atom. The molecule has 4 heteroatoms. The Hall–Kier alpha value is -1.62. The van der Waals surface area contributed by atoms with Gasteiger partial charge in [0.1, 0.15) is 5.75 Å². The van der Waals surface area contributed by atoms with Gasteiger partial charge in [0.15, 0.2) is 0 Å². The Morgan fingerprint density at radius 1 is 1.10 bits per heavy atom. The number of nitrogens with zero attached hydrogens (tertiary/aromatic N) is 1. The maximum absolute atomic E-state index is 10.4. The molecule has 112 valence electrons. The van der Waals surface area contributed by atoms with Crippen molar-refractivity contribution in [2.24, 2.45) is 0 Å². The van der Waals surface area contributed by atoms with Crippen molar-refractivity contribution in [2.45, 2.75) is 12.5 Å². The molecule has 4 nitrogen and oxygen atoms in total. The average molecular weight is 286 g/mol. The fourth-order valence-corrected chi connectivity index (χ4v) is 3.26. The zero-order valence-corrected chi connectivity index (χ0v) is 12.1. The molecule has 1 atom stereocenters. The van der Waals surface area contributed by atoms with Crippen LogP contribution in [0, 0.1) is 0 Å². The molecule has 0 aromatic heterocycles. The fourth-order valence-electron chi connectivity index (χ4n) is 3.26. The van der Waals surface area contributed by atoms with E-state index in [9.17, 15) is 10.2 Å². The van der Waals surface area contributed by atoms with E-state index in [-0.39, 0.29) is 12.6 Å². The molecule has 1 fully saturated rings. The summed E-state index contributed by atoms with van der Waals surface area (Å²) in [6.07, 6.45) is 0.640. The molecule has 0 unspecified atom stereocenters. The molecule has 0 amide bonds. The molecule has 0 bridgehead atoms. The largest absolute Gasteiger partial charge is 0.508 e. The van der Waals surface area contributed by atoms with E-state index >= 15 is 0 Å². The van der Waals surface area contributed by atoms with Crippen molar-refractivity contribution in [3.05, 3.63) is 42.0 Å². The number of phenolic OH excluding ortho intramolecular Hbond substituents is 1. The number of benzene rings is 2. The molecule has 3 N–H and O–H groups in total. The predicted octanol–water partition coefficient (Wildman–Crippen LogP) is 1.87. The van der Waals surface area contributed by atoms with Crippen LogP contribution in [0.1, 0.15) is 18.0 Å². The van der Waals surface area contributed by atoms with Crippen molar-refractivity contribution in [1.82, 2.24) is 10.2 Å². The van der Waals surface area contributed by atoms with Crippen LogP contribution >= 0.6 is 0 Å². The summed E-state index contributed by atoms with van der Waals surface area (Å²) in [7, 11) is 0. The van der Waals surface area contributed by atoms with Gasteiger partial charge in [-0.15, -0.1) is 0 Å². The third kappa shape index (κ3) is 2.88. The van der Waals surface area contributed by atoms with Gasteiger partial charge in [-0.1, -0.05) is 30.3 Å². The van der Waals surface area contributed by atoms with Gasteiger partial charge < -0.3 is 15.5 Å². The number of hydrogen-bond donors (Lipinski definition) is 3. The molecule has 0 radical (unpaired) electrons. The lowest BCUT2D eigenvalue weighted by atomic mass is 9.94. The Balaban J connectivity index is 2.07. The van der Waals surface area contributed by atoms with E-state index in [1.165, 1.54) is 0 Å². The highest BCUT2D eigenvalue weighted by Crippen LogP contribution is 2.37. The number of rotatable bonds is 4. The summed E-state index contributed by atoms with van der Waals surface area (Å²) in [5.41, 5.74) is 0.948. The van der Waals surface area contributed by atoms with Gasteiger partial charge in [-0.05, 0) is 23.3 Å². The van der Waals surface area contributed by atoms with Crippen LogP contribution in [-0.4, -0.2) is 47.9 Å². The second kappa shape index (κ2) is 6.43. The van der Waals surface area contributed by atoms with Gasteiger partial charge in [-0.3, -0.25) is 4.90 Å². The second-order valence-corrected chi connectivity index (χ2v) is 5.53. The molecule has 2 aromatic carbocycles. The third-order valence-corrected chi connectivity index (χ3v) is 4.28. The molecule has 0 aliphatic carbocycles. The van der Waals surface area contributed by atoms with Gasteiger partial charge in [-0.25, -0.2) is 0 Å². The molecule has 3 rings (SSSR count). The highest BCUT2D eigenvalue weighted by atomic mass is 16.3. The molecular weight excluding hydrogens is 264 g/mol. The molecule has 2 aromatic rings. The smallest absolute Gasteiger partial charge is 0.121 e. The van der Waals surface area contributed by atoms with Crippen molar-refractivity contribution in [1.29, 1.82) is 0 Å². The fraction of sp³-hybridized carbons (Fsp3) is 0.412. The minimum atomic E-state index is 0.0585. The van der Waals surface area contributed by atoms with E-state index in [0.29, 0.717) is 12.2 Å². The Bertz CT molecular complexity index is 609. The van der Waals surface area contributed by atoms with E-state index in [0.717, 1.165) is 42.5 Å². The lowest BCUT2D eigenvalue weighted by Gasteiger charge is -2.35. The van der Waals surface area contributed by atoms with Gasteiger partial charge in [0, 0.05) is 44.4 Å². The van der Waals surface area contributed by atoms with Gasteiger partial charge in [0.2, 0.25) is 0 Å². The van der Waals surface area contributed by atoms with Gasteiger partial charge in [0.25, 0.3) is 0 Å². The standard InChI is InChI=1S/C17H22N2O2/c20-12-7-15(19-10-8-18-9-11-19)17-14-4-2-1-3-13(14)5-6-16(17)21/h1-6,15,18,20-21H,7-12H2/t15-/m1/s1. The zero-order chi connectivity index (χ0) is 14.7. The minimum absolute atomic E-state index is 0.0585. The number of piperazine rings is 1. The maximum Gasteiger partial charge on any atom is 0.121 e. The molecule has 0 spiro atoms. The maximum atomic E-state index is 10.4. The summed E-state index contributed by atoms with van der Waals surface area (Å²) >= 11 is 0. The van der Waals surface area contributed by atoms with Crippen LogP contribution in [0.2, 0.25) is 0 Å². The van der Waals surface area contributed by atoms with E-state index in [4.69, 9.17) is 0 Å². The first-order chi connectivity index (χ1) is 10.3. The number of aliphatic hydroxyl groups is 1. The van der Waals surface area contributed by atoms with Crippen molar-refractivity contribution in [3.63, 3.8) is 0 Å². The number of aromatic hydroxyl groups is 1. The summed E-state index contributed by atoms with van der Waals surface area (Å²) in [4.78, 5) is 2.36. The van der Waals surface area contributed by atoms with Crippen LogP contribution < -0.4 is 5.32 Å². The summed E-state index contributed by atoms with van der Waals surface area (Å²) in [5, 5.41) is 25.4. The van der Waals surface area contributed by atoms with E-state index in [2.05, 4.69) is 22.3 Å². The minimum Gasteiger partial charge on any atom is -0.508 e. The molecule has 0 saturated carbocycles. The summed E-state index contributed by atoms with van der Waals surface area (Å²) in [6.45, 7) is 3.90. The molecule has 1 aliphatic heterocycles. The van der Waals surface area contributed by atoms with Crippen LogP contribution in [-0.2, 0) is 0 Å². The third-order valence-electron chi connectivity index (χ3n) is 4.28. The van der Waals surface area contributed by atoms with E-state index in [1.807, 2.05) is 18.2 Å². The summed E-state index contributed by atoms with van der Waals surface area (Å²) in [6, 6.07) is 11.9. The molecular formula is C17H22N2O2. The van der Waals surface area contributed by atoms with Crippen LogP contribution in [0.3, 0.4) is 0 Å². The highest BCUT2D eigenvalue weighted by molar-refractivity contribution is 5.88. The normalized spacial score (nSPS) is 18.0. The Kier molecular flexibility index (Phi) is 4.39. The van der Waals surface area contributed by atoms with Crippen LogP contribution in [0.25, 0.3) is 10.8 Å². The number of hydrogen-bond acceptors (Lipinski definition) is 4. The van der Waals surface area contributed by atoms with Gasteiger partial charge >= 0.3 is 0 Å². The number of nitrogens with one attached hydrogen (secondary N) is 1. The molecule has 1 saturated heterocycles. The van der Waals surface area contributed by atoms with Crippen molar-refractivity contribution >= 4 is 10.8 Å². The molecule has 1 aliphatic rings. The average Bonchev–Trinajstić information content (AvgIpc) is 2.54. The zero-order valence-electron chi connectivity index (χ0n) is 12.1. The predicted molar refractivity (Wildman–Crippen MR) is 84.5 cm³/mol. The van der Waals surface area contributed by atoms with Crippen molar-refractivity contribution < 1.29 is 10.2 Å². The topological polar surface area (TPSA) is 55.7 Å². The molecule has 1 heterocycles. The van der Waals surface area contributed by atoms with Crippen molar-refractivity contribution in [2.75, 3.05) is 32.8 Å². The lowest BCUT2D eigenvalue weighted by molar-refractivity contribution is 0.140. The number of phenols is 1. The lowest BCUT2D eigenvalue weighted by Crippen LogP contribution is -2.45. The second-order valence-electron chi connectivity index (χ2n) is 5.53. The first-order valence-corrected chi connectivity index (χ1v) is 7.57. The highest BCUT2D eigenvalue weighted by Gasteiger charge is 2.25. The van der Waals surface area contributed by atoms with E-state index in [1.54, 1.807) is 6.07 Å². The van der Waals surface area contributed by atoms with Gasteiger partial charge in [-0.2, -0.15) is 0 Å². The summed E-state index contributed by atoms with van der Waals surface area (Å²) in [5.74, 6) is 0.325. The quantitative estimate of drug-likeness (QED) is 0.803. The molecule has 21 heavy (non-hydrogen) atoms.